The van der Waals surface area contributed by atoms with Crippen LogP contribution >= 0.6 is 0 Å². The van der Waals surface area contributed by atoms with Gasteiger partial charge in [0.05, 0.1) is 6.61 Å². The first-order chi connectivity index (χ1) is 8.14. The smallest absolute Gasteiger partial charge is 0.254 e. The maximum Gasteiger partial charge on any atom is 0.254 e. The van der Waals surface area contributed by atoms with E-state index < -0.39 is 5.60 Å². The minimum atomic E-state index is -0.637. The third-order valence-electron chi connectivity index (χ3n) is 3.16. The zero-order valence-corrected chi connectivity index (χ0v) is 10.9. The van der Waals surface area contributed by atoms with E-state index in [9.17, 15) is 4.79 Å². The van der Waals surface area contributed by atoms with Crippen LogP contribution in [0.1, 0.15) is 26.2 Å². The van der Waals surface area contributed by atoms with Gasteiger partial charge < -0.3 is 20.1 Å². The fourth-order valence-corrected chi connectivity index (χ4v) is 2.08. The fourth-order valence-electron chi connectivity index (χ4n) is 2.08. The molecule has 0 bridgehead atoms. The van der Waals surface area contributed by atoms with Crippen LogP contribution in [0.25, 0.3) is 0 Å². The lowest BCUT2D eigenvalue weighted by Gasteiger charge is -2.31. The summed E-state index contributed by atoms with van der Waals surface area (Å²) in [6.07, 6.45) is 2.57. The molecule has 0 radical (unpaired) electrons. The summed E-state index contributed by atoms with van der Waals surface area (Å²) in [5, 5.41) is 0. The second-order valence-electron chi connectivity index (χ2n) is 4.61. The molecular weight excluding hydrogens is 220 g/mol. The average molecular weight is 244 g/mol. The maximum atomic E-state index is 12.4. The van der Waals surface area contributed by atoms with E-state index in [0.29, 0.717) is 32.8 Å². The van der Waals surface area contributed by atoms with E-state index in [1.54, 1.807) is 7.11 Å². The van der Waals surface area contributed by atoms with E-state index in [4.69, 9.17) is 15.2 Å². The highest BCUT2D eigenvalue weighted by atomic mass is 16.5. The molecule has 1 aliphatic heterocycles. The van der Waals surface area contributed by atoms with Gasteiger partial charge in [0, 0.05) is 26.8 Å². The second kappa shape index (κ2) is 6.93. The number of methoxy groups -OCH3 is 1. The molecule has 0 spiro atoms. The summed E-state index contributed by atoms with van der Waals surface area (Å²) < 4.78 is 10.6. The Morgan fingerprint density at radius 3 is 2.82 bits per heavy atom. The van der Waals surface area contributed by atoms with Gasteiger partial charge >= 0.3 is 0 Å². The maximum absolute atomic E-state index is 12.4. The number of carbonyl (C=O) groups excluding carboxylic acids is 1. The highest BCUT2D eigenvalue weighted by Gasteiger charge is 2.40. The number of carbonyl (C=O) groups is 1. The number of rotatable bonds is 7. The van der Waals surface area contributed by atoms with Crippen LogP contribution < -0.4 is 5.73 Å². The van der Waals surface area contributed by atoms with E-state index in [0.717, 1.165) is 19.3 Å². The lowest BCUT2D eigenvalue weighted by molar-refractivity contribution is -0.151. The average Bonchev–Trinajstić information content (AvgIpc) is 2.77. The molecule has 5 nitrogen and oxygen atoms in total. The van der Waals surface area contributed by atoms with Crippen molar-refractivity contribution in [1.29, 1.82) is 0 Å². The van der Waals surface area contributed by atoms with Gasteiger partial charge in [0.25, 0.3) is 5.91 Å². The Hall–Kier alpha value is -0.650. The van der Waals surface area contributed by atoms with Gasteiger partial charge in [0.15, 0.2) is 0 Å². The van der Waals surface area contributed by atoms with Crippen molar-refractivity contribution in [2.45, 2.75) is 31.8 Å². The summed E-state index contributed by atoms with van der Waals surface area (Å²) in [5.41, 5.74) is 4.85. The monoisotopic (exact) mass is 244 g/mol. The molecule has 0 aliphatic carbocycles. The molecule has 2 N–H and O–H groups in total. The quantitative estimate of drug-likeness (QED) is 0.703. The molecule has 5 heteroatoms. The van der Waals surface area contributed by atoms with E-state index in [1.165, 1.54) is 0 Å². The highest BCUT2D eigenvalue weighted by Crippen LogP contribution is 2.27. The Balaban J connectivity index is 2.57. The molecule has 0 aromatic carbocycles. The lowest BCUT2D eigenvalue weighted by Crippen LogP contribution is -2.48. The molecule has 1 saturated heterocycles. The number of nitrogens with two attached hydrogens (primary N) is 1. The molecule has 1 heterocycles. The lowest BCUT2D eigenvalue weighted by atomic mass is 10.0. The zero-order valence-electron chi connectivity index (χ0n) is 10.9. The molecule has 1 rings (SSSR count). The van der Waals surface area contributed by atoms with Gasteiger partial charge in [0.2, 0.25) is 0 Å². The van der Waals surface area contributed by atoms with Crippen molar-refractivity contribution in [2.24, 2.45) is 5.73 Å². The van der Waals surface area contributed by atoms with Gasteiger partial charge in [-0.15, -0.1) is 0 Å². The van der Waals surface area contributed by atoms with Gasteiger partial charge in [-0.1, -0.05) is 0 Å². The van der Waals surface area contributed by atoms with Gasteiger partial charge in [-0.05, 0) is 32.7 Å². The summed E-state index contributed by atoms with van der Waals surface area (Å²) in [5.74, 6) is 0.0699. The first-order valence-electron chi connectivity index (χ1n) is 6.26. The molecule has 0 aromatic heterocycles. The standard InChI is InChI=1S/C12H24N2O3/c1-12(5-3-9-17-12)11(15)14(7-4-6-13)8-10-16-2/h3-10,13H2,1-2H3. The molecule has 1 aliphatic rings. The van der Waals surface area contributed by atoms with E-state index in [2.05, 4.69) is 0 Å². The van der Waals surface area contributed by atoms with Crippen molar-refractivity contribution in [3.63, 3.8) is 0 Å². The largest absolute Gasteiger partial charge is 0.383 e. The molecule has 1 unspecified atom stereocenters. The Kier molecular flexibility index (Phi) is 5.88. The number of hydrogen-bond donors (Lipinski definition) is 1. The Labute approximate surface area is 103 Å². The van der Waals surface area contributed by atoms with Gasteiger partial charge in [-0.2, -0.15) is 0 Å². The molecular formula is C12H24N2O3. The van der Waals surface area contributed by atoms with E-state index >= 15 is 0 Å². The normalized spacial score (nSPS) is 23.9. The van der Waals surface area contributed by atoms with Crippen LogP contribution in [0.4, 0.5) is 0 Å². The molecule has 100 valence electrons. The second-order valence-corrected chi connectivity index (χ2v) is 4.61. The van der Waals surface area contributed by atoms with Gasteiger partial charge in [-0.25, -0.2) is 0 Å². The van der Waals surface area contributed by atoms with Crippen molar-refractivity contribution in [3.8, 4) is 0 Å². The predicted molar refractivity (Wildman–Crippen MR) is 65.7 cm³/mol. The third kappa shape index (κ3) is 3.94. The number of ether oxygens (including phenoxy) is 2. The van der Waals surface area contributed by atoms with Crippen molar-refractivity contribution in [3.05, 3.63) is 0 Å². The summed E-state index contributed by atoms with van der Waals surface area (Å²) in [6, 6.07) is 0. The van der Waals surface area contributed by atoms with Crippen molar-refractivity contribution in [1.82, 2.24) is 4.90 Å². The third-order valence-corrected chi connectivity index (χ3v) is 3.16. The van der Waals surface area contributed by atoms with Gasteiger partial charge in [-0.3, -0.25) is 4.79 Å². The number of amides is 1. The van der Waals surface area contributed by atoms with Crippen molar-refractivity contribution in [2.75, 3.05) is 40.0 Å². The number of hydrogen-bond acceptors (Lipinski definition) is 4. The zero-order chi connectivity index (χ0) is 12.7. The molecule has 0 aromatic rings. The Bertz CT molecular complexity index is 232. The predicted octanol–water partition coefficient (Wildman–Crippen LogP) is 0.379. The topological polar surface area (TPSA) is 64.8 Å². The molecule has 0 saturated carbocycles. The Morgan fingerprint density at radius 2 is 2.29 bits per heavy atom. The van der Waals surface area contributed by atoms with Crippen LogP contribution in [0, 0.1) is 0 Å². The summed E-state index contributed by atoms with van der Waals surface area (Å²) >= 11 is 0. The van der Waals surface area contributed by atoms with Crippen LogP contribution in [-0.4, -0.2) is 56.4 Å². The fraction of sp³-hybridized carbons (Fsp3) is 0.917. The molecule has 1 atom stereocenters. The summed E-state index contributed by atoms with van der Waals surface area (Å²) in [4.78, 5) is 14.2. The van der Waals surface area contributed by atoms with E-state index in [-0.39, 0.29) is 5.91 Å². The van der Waals surface area contributed by atoms with Gasteiger partial charge in [0.1, 0.15) is 5.60 Å². The first-order valence-corrected chi connectivity index (χ1v) is 6.26. The highest BCUT2D eigenvalue weighted by molar-refractivity contribution is 5.85. The summed E-state index contributed by atoms with van der Waals surface area (Å²) in [6.45, 7) is 4.98. The minimum absolute atomic E-state index is 0.0699. The van der Waals surface area contributed by atoms with Crippen molar-refractivity contribution < 1.29 is 14.3 Å². The summed E-state index contributed by atoms with van der Waals surface area (Å²) in [7, 11) is 1.64. The molecule has 17 heavy (non-hydrogen) atoms. The van der Waals surface area contributed by atoms with Crippen LogP contribution in [0.15, 0.2) is 0 Å². The van der Waals surface area contributed by atoms with Crippen LogP contribution in [0.2, 0.25) is 0 Å². The van der Waals surface area contributed by atoms with Crippen molar-refractivity contribution >= 4 is 5.91 Å². The molecule has 1 fully saturated rings. The SMILES string of the molecule is COCCN(CCCN)C(=O)C1(C)CCCO1. The van der Waals surface area contributed by atoms with Crippen LogP contribution in [-0.2, 0) is 14.3 Å². The first kappa shape index (κ1) is 14.4. The van der Waals surface area contributed by atoms with Crippen LogP contribution in [0.5, 0.6) is 0 Å². The Morgan fingerprint density at radius 1 is 1.53 bits per heavy atom. The minimum Gasteiger partial charge on any atom is -0.383 e. The molecule has 1 amide bonds. The van der Waals surface area contributed by atoms with E-state index in [1.807, 2.05) is 11.8 Å². The van der Waals surface area contributed by atoms with Crippen LogP contribution in [0.3, 0.4) is 0 Å². The number of nitrogens with zero attached hydrogens (tertiary/aromatic N) is 1.